The molecule has 0 aliphatic heterocycles. The predicted molar refractivity (Wildman–Crippen MR) is 81.7 cm³/mol. The molecular formula is C17H18N2O2. The Morgan fingerprint density at radius 3 is 2.52 bits per heavy atom. The van der Waals surface area contributed by atoms with Crippen LogP contribution in [0.2, 0.25) is 0 Å². The SMILES string of the molecule is CNC(C)c1ccccc1Oc1ccc(C#N)cc1OC. The van der Waals surface area contributed by atoms with Crippen molar-refractivity contribution < 1.29 is 9.47 Å². The lowest BCUT2D eigenvalue weighted by Crippen LogP contribution is -2.13. The highest BCUT2D eigenvalue weighted by atomic mass is 16.5. The highest BCUT2D eigenvalue weighted by Crippen LogP contribution is 2.35. The maximum Gasteiger partial charge on any atom is 0.169 e. The van der Waals surface area contributed by atoms with Gasteiger partial charge in [0, 0.05) is 17.7 Å². The number of ether oxygens (including phenoxy) is 2. The zero-order valence-electron chi connectivity index (χ0n) is 12.4. The van der Waals surface area contributed by atoms with Gasteiger partial charge in [-0.15, -0.1) is 0 Å². The van der Waals surface area contributed by atoms with Gasteiger partial charge in [0.05, 0.1) is 18.7 Å². The molecule has 4 nitrogen and oxygen atoms in total. The lowest BCUT2D eigenvalue weighted by Gasteiger charge is -2.17. The molecule has 1 atom stereocenters. The third-order valence-electron chi connectivity index (χ3n) is 3.33. The number of hydrogen-bond acceptors (Lipinski definition) is 4. The minimum atomic E-state index is 0.172. The van der Waals surface area contributed by atoms with Gasteiger partial charge in [0.2, 0.25) is 0 Å². The topological polar surface area (TPSA) is 54.3 Å². The summed E-state index contributed by atoms with van der Waals surface area (Å²) in [6.45, 7) is 2.07. The molecule has 0 aliphatic rings. The van der Waals surface area contributed by atoms with Crippen LogP contribution in [0.3, 0.4) is 0 Å². The van der Waals surface area contributed by atoms with Crippen molar-refractivity contribution >= 4 is 0 Å². The molecule has 0 fully saturated rings. The average Bonchev–Trinajstić information content (AvgIpc) is 2.55. The average molecular weight is 282 g/mol. The second kappa shape index (κ2) is 6.78. The smallest absolute Gasteiger partial charge is 0.169 e. The van der Waals surface area contributed by atoms with Crippen LogP contribution in [-0.2, 0) is 0 Å². The molecule has 0 amide bonds. The molecule has 21 heavy (non-hydrogen) atoms. The Morgan fingerprint density at radius 1 is 1.10 bits per heavy atom. The predicted octanol–water partition coefficient (Wildman–Crippen LogP) is 3.64. The fourth-order valence-corrected chi connectivity index (χ4v) is 2.03. The van der Waals surface area contributed by atoms with Crippen LogP contribution in [0.15, 0.2) is 42.5 Å². The Hall–Kier alpha value is -2.51. The molecule has 108 valence electrons. The minimum Gasteiger partial charge on any atom is -0.493 e. The zero-order valence-corrected chi connectivity index (χ0v) is 12.4. The Labute approximate surface area is 124 Å². The van der Waals surface area contributed by atoms with Crippen LogP contribution in [-0.4, -0.2) is 14.2 Å². The van der Waals surface area contributed by atoms with Gasteiger partial charge >= 0.3 is 0 Å². The number of methoxy groups -OCH3 is 1. The lowest BCUT2D eigenvalue weighted by atomic mass is 10.1. The van der Waals surface area contributed by atoms with E-state index in [0.29, 0.717) is 17.1 Å². The van der Waals surface area contributed by atoms with Gasteiger partial charge in [-0.25, -0.2) is 0 Å². The first-order chi connectivity index (χ1) is 10.2. The minimum absolute atomic E-state index is 0.172. The van der Waals surface area contributed by atoms with Crippen LogP contribution in [0, 0.1) is 11.3 Å². The van der Waals surface area contributed by atoms with Crippen molar-refractivity contribution in [3.05, 3.63) is 53.6 Å². The van der Waals surface area contributed by atoms with E-state index in [2.05, 4.69) is 18.3 Å². The molecule has 4 heteroatoms. The Balaban J connectivity index is 2.37. The van der Waals surface area contributed by atoms with E-state index in [0.717, 1.165) is 11.3 Å². The summed E-state index contributed by atoms with van der Waals surface area (Å²) in [5, 5.41) is 12.1. The Kier molecular flexibility index (Phi) is 4.81. The molecule has 0 bridgehead atoms. The van der Waals surface area contributed by atoms with Crippen molar-refractivity contribution in [2.45, 2.75) is 13.0 Å². The first-order valence-electron chi connectivity index (χ1n) is 6.71. The number of rotatable bonds is 5. The van der Waals surface area contributed by atoms with E-state index in [-0.39, 0.29) is 6.04 Å². The second-order valence-corrected chi connectivity index (χ2v) is 4.63. The van der Waals surface area contributed by atoms with Crippen molar-refractivity contribution in [1.29, 1.82) is 5.26 Å². The Bertz CT molecular complexity index is 662. The summed E-state index contributed by atoms with van der Waals surface area (Å²) in [7, 11) is 3.47. The van der Waals surface area contributed by atoms with E-state index in [1.54, 1.807) is 25.3 Å². The zero-order chi connectivity index (χ0) is 15.2. The molecule has 1 N–H and O–H groups in total. The molecule has 2 rings (SSSR count). The fraction of sp³-hybridized carbons (Fsp3) is 0.235. The van der Waals surface area contributed by atoms with Crippen molar-refractivity contribution in [3.8, 4) is 23.3 Å². The summed E-state index contributed by atoms with van der Waals surface area (Å²) < 4.78 is 11.3. The van der Waals surface area contributed by atoms with E-state index in [4.69, 9.17) is 14.7 Å². The summed E-state index contributed by atoms with van der Waals surface area (Å²) in [4.78, 5) is 0. The standard InChI is InChI=1S/C17H18N2O2/c1-12(19-2)14-6-4-5-7-15(14)21-16-9-8-13(11-18)10-17(16)20-3/h4-10,12,19H,1-3H3. The van der Waals surface area contributed by atoms with Gasteiger partial charge in [-0.3, -0.25) is 0 Å². The van der Waals surface area contributed by atoms with Crippen LogP contribution in [0.5, 0.6) is 17.2 Å². The molecule has 0 saturated heterocycles. The lowest BCUT2D eigenvalue weighted by molar-refractivity contribution is 0.376. The first kappa shape index (κ1) is 14.9. The second-order valence-electron chi connectivity index (χ2n) is 4.63. The van der Waals surface area contributed by atoms with Crippen LogP contribution in [0.1, 0.15) is 24.1 Å². The summed E-state index contributed by atoms with van der Waals surface area (Å²) in [6.07, 6.45) is 0. The van der Waals surface area contributed by atoms with Crippen molar-refractivity contribution in [1.82, 2.24) is 5.32 Å². The molecule has 0 aliphatic carbocycles. The van der Waals surface area contributed by atoms with Crippen molar-refractivity contribution in [2.75, 3.05) is 14.2 Å². The van der Waals surface area contributed by atoms with Gasteiger partial charge in [0.25, 0.3) is 0 Å². The monoisotopic (exact) mass is 282 g/mol. The van der Waals surface area contributed by atoms with Crippen molar-refractivity contribution in [3.63, 3.8) is 0 Å². The van der Waals surface area contributed by atoms with Crippen LogP contribution in [0.25, 0.3) is 0 Å². The maximum absolute atomic E-state index is 8.93. The highest BCUT2D eigenvalue weighted by Gasteiger charge is 2.12. The number of hydrogen-bond donors (Lipinski definition) is 1. The molecule has 2 aromatic carbocycles. The normalized spacial score (nSPS) is 11.5. The third kappa shape index (κ3) is 3.33. The van der Waals surface area contributed by atoms with E-state index in [1.165, 1.54) is 0 Å². The van der Waals surface area contributed by atoms with E-state index in [9.17, 15) is 0 Å². The number of nitriles is 1. The summed E-state index contributed by atoms with van der Waals surface area (Å²) in [6, 6.07) is 15.2. The molecule has 2 aromatic rings. The van der Waals surface area contributed by atoms with Crippen LogP contribution in [0.4, 0.5) is 0 Å². The molecule has 0 radical (unpaired) electrons. The Morgan fingerprint density at radius 2 is 1.86 bits per heavy atom. The van der Waals surface area contributed by atoms with Crippen LogP contribution < -0.4 is 14.8 Å². The molecule has 0 saturated carbocycles. The largest absolute Gasteiger partial charge is 0.493 e. The van der Waals surface area contributed by atoms with Gasteiger partial charge in [0.1, 0.15) is 5.75 Å². The van der Waals surface area contributed by atoms with Gasteiger partial charge in [0.15, 0.2) is 11.5 Å². The van der Waals surface area contributed by atoms with Gasteiger partial charge in [-0.05, 0) is 32.2 Å². The fourth-order valence-electron chi connectivity index (χ4n) is 2.03. The van der Waals surface area contributed by atoms with E-state index >= 15 is 0 Å². The van der Waals surface area contributed by atoms with Crippen molar-refractivity contribution in [2.24, 2.45) is 0 Å². The molecule has 0 spiro atoms. The highest BCUT2D eigenvalue weighted by molar-refractivity contribution is 5.49. The summed E-state index contributed by atoms with van der Waals surface area (Å²) >= 11 is 0. The molecule has 0 aromatic heterocycles. The molecular weight excluding hydrogens is 264 g/mol. The first-order valence-corrected chi connectivity index (χ1v) is 6.71. The molecule has 0 heterocycles. The van der Waals surface area contributed by atoms with Gasteiger partial charge < -0.3 is 14.8 Å². The van der Waals surface area contributed by atoms with Gasteiger partial charge in [-0.2, -0.15) is 5.26 Å². The summed E-state index contributed by atoms with van der Waals surface area (Å²) in [5.41, 5.74) is 1.60. The maximum atomic E-state index is 8.93. The number of nitrogens with zero attached hydrogens (tertiary/aromatic N) is 1. The van der Waals surface area contributed by atoms with E-state index < -0.39 is 0 Å². The van der Waals surface area contributed by atoms with E-state index in [1.807, 2.05) is 31.3 Å². The van der Waals surface area contributed by atoms with Crippen LogP contribution >= 0.6 is 0 Å². The summed E-state index contributed by atoms with van der Waals surface area (Å²) in [5.74, 6) is 1.90. The molecule has 1 unspecified atom stereocenters. The number of benzene rings is 2. The van der Waals surface area contributed by atoms with Gasteiger partial charge in [-0.1, -0.05) is 18.2 Å². The number of para-hydroxylation sites is 1. The number of nitrogens with one attached hydrogen (secondary N) is 1. The quantitative estimate of drug-likeness (QED) is 0.909. The third-order valence-corrected chi connectivity index (χ3v) is 3.33.